The molecule has 0 aliphatic carbocycles. The number of hydrogen-bond acceptors (Lipinski definition) is 3. The molecule has 4 nitrogen and oxygen atoms in total. The highest BCUT2D eigenvalue weighted by Gasteiger charge is 2.20. The largest absolute Gasteiger partial charge is 0.367 e. The molecule has 0 aromatic heterocycles. The van der Waals surface area contributed by atoms with Gasteiger partial charge < -0.3 is 4.90 Å². The van der Waals surface area contributed by atoms with Crippen LogP contribution in [0, 0.1) is 0 Å². The quantitative estimate of drug-likeness (QED) is 0.858. The fourth-order valence-corrected chi connectivity index (χ4v) is 3.83. The second-order valence-electron chi connectivity index (χ2n) is 5.83. The molecule has 1 N–H and O–H groups in total. The van der Waals surface area contributed by atoms with E-state index in [2.05, 4.69) is 43.8 Å². The lowest BCUT2D eigenvalue weighted by atomic mass is 9.99. The van der Waals surface area contributed by atoms with Gasteiger partial charge in [0.05, 0.1) is 11.9 Å². The second kappa shape index (κ2) is 6.53. The lowest BCUT2D eigenvalue weighted by Gasteiger charge is -2.32. The van der Waals surface area contributed by atoms with Crippen LogP contribution in [0.4, 0.5) is 11.4 Å². The van der Waals surface area contributed by atoms with Gasteiger partial charge in [-0.05, 0) is 48.2 Å². The zero-order chi connectivity index (χ0) is 16.4. The van der Waals surface area contributed by atoms with Gasteiger partial charge in [0.1, 0.15) is 0 Å². The lowest BCUT2D eigenvalue weighted by molar-refractivity contribution is 0.606. The molecule has 0 spiro atoms. The van der Waals surface area contributed by atoms with E-state index in [0.29, 0.717) is 5.69 Å². The van der Waals surface area contributed by atoms with Crippen LogP contribution < -0.4 is 9.62 Å². The van der Waals surface area contributed by atoms with Crippen LogP contribution in [0.5, 0.6) is 0 Å². The number of anilines is 2. The summed E-state index contributed by atoms with van der Waals surface area (Å²) in [5.74, 6) is 0. The monoisotopic (exact) mass is 394 g/mol. The molecule has 0 unspecified atom stereocenters. The normalized spacial score (nSPS) is 14.4. The Kier molecular flexibility index (Phi) is 4.64. The van der Waals surface area contributed by atoms with E-state index in [4.69, 9.17) is 0 Å². The van der Waals surface area contributed by atoms with E-state index in [-0.39, 0.29) is 0 Å². The van der Waals surface area contributed by atoms with Gasteiger partial charge in [-0.25, -0.2) is 8.42 Å². The highest BCUT2D eigenvalue weighted by atomic mass is 79.9. The predicted molar refractivity (Wildman–Crippen MR) is 98.4 cm³/mol. The minimum absolute atomic E-state index is 0.700. The number of rotatable bonds is 4. The van der Waals surface area contributed by atoms with Crippen molar-refractivity contribution in [3.05, 3.63) is 58.1 Å². The van der Waals surface area contributed by atoms with E-state index < -0.39 is 10.0 Å². The number of hydrogen-bond donors (Lipinski definition) is 1. The van der Waals surface area contributed by atoms with Crippen LogP contribution in [0.2, 0.25) is 0 Å². The van der Waals surface area contributed by atoms with Crippen molar-refractivity contribution in [3.8, 4) is 0 Å². The highest BCUT2D eigenvalue weighted by molar-refractivity contribution is 9.10. The number of benzene rings is 2. The average molecular weight is 395 g/mol. The summed E-state index contributed by atoms with van der Waals surface area (Å²) in [5, 5.41) is 0. The zero-order valence-electron chi connectivity index (χ0n) is 12.9. The molecule has 0 saturated heterocycles. The van der Waals surface area contributed by atoms with Crippen molar-refractivity contribution in [1.29, 1.82) is 0 Å². The molecule has 1 aliphatic rings. The Balaban J connectivity index is 1.90. The maximum absolute atomic E-state index is 11.6. The van der Waals surface area contributed by atoms with E-state index >= 15 is 0 Å². The molecule has 1 aliphatic heterocycles. The Labute approximate surface area is 145 Å². The first-order valence-electron chi connectivity index (χ1n) is 7.51. The molecule has 0 saturated carbocycles. The van der Waals surface area contributed by atoms with Gasteiger partial charge in [-0.1, -0.05) is 34.1 Å². The Morgan fingerprint density at radius 3 is 2.61 bits per heavy atom. The average Bonchev–Trinajstić information content (AvgIpc) is 2.49. The summed E-state index contributed by atoms with van der Waals surface area (Å²) >= 11 is 3.46. The lowest BCUT2D eigenvalue weighted by Crippen LogP contribution is -2.29. The SMILES string of the molecule is CS(=O)(=O)Nc1cccc2c1CCCN2Cc1ccc(Br)cc1. The van der Waals surface area contributed by atoms with Crippen molar-refractivity contribution >= 4 is 37.3 Å². The zero-order valence-corrected chi connectivity index (χ0v) is 15.3. The van der Waals surface area contributed by atoms with Gasteiger partial charge in [-0.15, -0.1) is 0 Å². The molecule has 0 bridgehead atoms. The first kappa shape index (κ1) is 16.3. The van der Waals surface area contributed by atoms with E-state index in [1.165, 1.54) is 11.8 Å². The fraction of sp³-hybridized carbons (Fsp3) is 0.294. The number of nitrogens with zero attached hydrogens (tertiary/aromatic N) is 1. The van der Waals surface area contributed by atoms with Gasteiger partial charge in [-0.3, -0.25) is 4.72 Å². The van der Waals surface area contributed by atoms with Crippen molar-refractivity contribution in [2.45, 2.75) is 19.4 Å². The minimum atomic E-state index is -3.27. The number of nitrogens with one attached hydrogen (secondary N) is 1. The molecular formula is C17H19BrN2O2S. The summed E-state index contributed by atoms with van der Waals surface area (Å²) in [7, 11) is -3.27. The molecule has 0 fully saturated rings. The molecule has 2 aromatic carbocycles. The van der Waals surface area contributed by atoms with Crippen molar-refractivity contribution < 1.29 is 8.42 Å². The Hall–Kier alpha value is -1.53. The molecule has 0 radical (unpaired) electrons. The second-order valence-corrected chi connectivity index (χ2v) is 8.49. The van der Waals surface area contributed by atoms with Gasteiger partial charge in [0, 0.05) is 23.2 Å². The summed E-state index contributed by atoms with van der Waals surface area (Å²) in [4.78, 5) is 2.32. The van der Waals surface area contributed by atoms with Gasteiger partial charge in [-0.2, -0.15) is 0 Å². The van der Waals surface area contributed by atoms with Crippen LogP contribution >= 0.6 is 15.9 Å². The van der Waals surface area contributed by atoms with E-state index in [1.807, 2.05) is 24.3 Å². The smallest absolute Gasteiger partial charge is 0.229 e. The third kappa shape index (κ3) is 4.06. The Morgan fingerprint density at radius 1 is 1.17 bits per heavy atom. The fourth-order valence-electron chi connectivity index (χ4n) is 2.97. The van der Waals surface area contributed by atoms with Crippen LogP contribution in [-0.4, -0.2) is 21.2 Å². The maximum atomic E-state index is 11.6. The van der Waals surface area contributed by atoms with Crippen LogP contribution in [0.1, 0.15) is 17.5 Å². The molecule has 122 valence electrons. The first-order valence-corrected chi connectivity index (χ1v) is 10.2. The summed E-state index contributed by atoms with van der Waals surface area (Å²) in [6.07, 6.45) is 3.10. The number of sulfonamides is 1. The minimum Gasteiger partial charge on any atom is -0.367 e. The standard InChI is InChI=1S/C17H19BrN2O2S/c1-23(21,22)19-16-5-2-6-17-15(16)4-3-11-20(17)12-13-7-9-14(18)10-8-13/h2,5-10,19H,3-4,11-12H2,1H3. The molecule has 0 amide bonds. The molecule has 2 aromatic rings. The molecule has 0 atom stereocenters. The highest BCUT2D eigenvalue weighted by Crippen LogP contribution is 2.34. The topological polar surface area (TPSA) is 49.4 Å². The van der Waals surface area contributed by atoms with Crippen LogP contribution in [-0.2, 0) is 23.0 Å². The Bertz CT molecular complexity index is 804. The molecule has 3 rings (SSSR count). The molecule has 1 heterocycles. The van der Waals surface area contributed by atoms with Crippen LogP contribution in [0.3, 0.4) is 0 Å². The predicted octanol–water partition coefficient (Wildman–Crippen LogP) is 3.77. The molecule has 23 heavy (non-hydrogen) atoms. The molecular weight excluding hydrogens is 376 g/mol. The third-order valence-corrected chi connectivity index (χ3v) is 5.05. The Morgan fingerprint density at radius 2 is 1.91 bits per heavy atom. The van der Waals surface area contributed by atoms with Crippen LogP contribution in [0.15, 0.2) is 46.9 Å². The summed E-state index contributed by atoms with van der Waals surface area (Å²) in [6.45, 7) is 1.80. The van der Waals surface area contributed by atoms with Gasteiger partial charge >= 0.3 is 0 Å². The summed E-state index contributed by atoms with van der Waals surface area (Å²) < 4.78 is 26.8. The van der Waals surface area contributed by atoms with E-state index in [9.17, 15) is 8.42 Å². The summed E-state index contributed by atoms with van der Waals surface area (Å²) in [6, 6.07) is 14.1. The number of halogens is 1. The number of fused-ring (bicyclic) bond motifs is 1. The van der Waals surface area contributed by atoms with Crippen molar-refractivity contribution in [2.24, 2.45) is 0 Å². The van der Waals surface area contributed by atoms with Crippen molar-refractivity contribution in [3.63, 3.8) is 0 Å². The van der Waals surface area contributed by atoms with E-state index in [1.54, 1.807) is 0 Å². The van der Waals surface area contributed by atoms with Crippen LogP contribution in [0.25, 0.3) is 0 Å². The molecule has 6 heteroatoms. The third-order valence-electron chi connectivity index (χ3n) is 3.93. The maximum Gasteiger partial charge on any atom is 0.229 e. The van der Waals surface area contributed by atoms with Gasteiger partial charge in [0.2, 0.25) is 10.0 Å². The van der Waals surface area contributed by atoms with E-state index in [0.717, 1.165) is 41.7 Å². The van der Waals surface area contributed by atoms with Gasteiger partial charge in [0.15, 0.2) is 0 Å². The summed E-state index contributed by atoms with van der Waals surface area (Å²) in [5.41, 5.74) is 4.14. The first-order chi connectivity index (χ1) is 10.9. The van der Waals surface area contributed by atoms with Gasteiger partial charge in [0.25, 0.3) is 0 Å². The van der Waals surface area contributed by atoms with Crippen molar-refractivity contribution in [2.75, 3.05) is 22.4 Å². The van der Waals surface area contributed by atoms with Crippen molar-refractivity contribution in [1.82, 2.24) is 0 Å².